The zero-order chi connectivity index (χ0) is 21.8. The maximum Gasteiger partial charge on any atom is 0.336 e. The van der Waals surface area contributed by atoms with E-state index in [0.29, 0.717) is 29.4 Å². The highest BCUT2D eigenvalue weighted by atomic mass is 19.1. The van der Waals surface area contributed by atoms with Crippen LogP contribution < -0.4 is 10.1 Å². The van der Waals surface area contributed by atoms with Gasteiger partial charge in [0.05, 0.1) is 12.3 Å². The minimum absolute atomic E-state index is 0.277. The van der Waals surface area contributed by atoms with Crippen LogP contribution >= 0.6 is 0 Å². The van der Waals surface area contributed by atoms with Crippen molar-refractivity contribution in [3.05, 3.63) is 89.7 Å². The molecule has 0 saturated heterocycles. The predicted molar refractivity (Wildman–Crippen MR) is 117 cm³/mol. The molecule has 1 heterocycles. The summed E-state index contributed by atoms with van der Waals surface area (Å²) < 4.78 is 20.3. The van der Waals surface area contributed by atoms with Crippen LogP contribution in [-0.2, 0) is 0 Å². The molecule has 7 heteroatoms. The SMILES string of the molecule is CCOc1nc(-c2ccc(C)cc2)n(-c2cccc(NC(=O)c3ccc(F)cc3)c2)n1. The second kappa shape index (κ2) is 8.79. The maximum atomic E-state index is 13.1. The molecular formula is C24H21FN4O2. The summed E-state index contributed by atoms with van der Waals surface area (Å²) in [6.45, 7) is 4.34. The van der Waals surface area contributed by atoms with Crippen LogP contribution in [0.2, 0.25) is 0 Å². The normalized spacial score (nSPS) is 10.7. The third-order valence-corrected chi connectivity index (χ3v) is 4.63. The van der Waals surface area contributed by atoms with Crippen molar-refractivity contribution in [2.24, 2.45) is 0 Å². The van der Waals surface area contributed by atoms with E-state index in [1.807, 2.05) is 50.2 Å². The Bertz CT molecular complexity index is 1200. The molecule has 0 aliphatic carbocycles. The van der Waals surface area contributed by atoms with E-state index < -0.39 is 5.82 Å². The van der Waals surface area contributed by atoms with Gasteiger partial charge < -0.3 is 10.1 Å². The van der Waals surface area contributed by atoms with Gasteiger partial charge in [-0.1, -0.05) is 35.9 Å². The molecule has 4 aromatic rings. The maximum absolute atomic E-state index is 13.1. The van der Waals surface area contributed by atoms with Crippen molar-refractivity contribution in [2.75, 3.05) is 11.9 Å². The number of ether oxygens (including phenoxy) is 1. The first-order chi connectivity index (χ1) is 15.0. The number of aromatic nitrogens is 3. The Balaban J connectivity index is 1.67. The Morgan fingerprint density at radius 2 is 1.81 bits per heavy atom. The van der Waals surface area contributed by atoms with Crippen LogP contribution in [0.1, 0.15) is 22.8 Å². The van der Waals surface area contributed by atoms with Crippen LogP contribution in [0.15, 0.2) is 72.8 Å². The molecule has 0 aliphatic heterocycles. The number of halogens is 1. The van der Waals surface area contributed by atoms with Gasteiger partial charge in [-0.25, -0.2) is 9.07 Å². The zero-order valence-corrected chi connectivity index (χ0v) is 17.2. The molecule has 0 saturated carbocycles. The van der Waals surface area contributed by atoms with E-state index in [0.717, 1.165) is 11.1 Å². The van der Waals surface area contributed by atoms with Gasteiger partial charge in [0.1, 0.15) is 5.82 Å². The van der Waals surface area contributed by atoms with E-state index in [1.54, 1.807) is 16.8 Å². The molecule has 1 amide bonds. The van der Waals surface area contributed by atoms with Gasteiger partial charge >= 0.3 is 6.01 Å². The molecule has 156 valence electrons. The number of nitrogens with one attached hydrogen (secondary N) is 1. The summed E-state index contributed by atoms with van der Waals surface area (Å²) >= 11 is 0. The summed E-state index contributed by atoms with van der Waals surface area (Å²) in [6.07, 6.45) is 0. The number of anilines is 1. The molecule has 0 spiro atoms. The fourth-order valence-electron chi connectivity index (χ4n) is 3.07. The second-order valence-corrected chi connectivity index (χ2v) is 6.94. The van der Waals surface area contributed by atoms with Crippen LogP contribution in [0.5, 0.6) is 6.01 Å². The number of carbonyl (C=O) groups excluding carboxylic acids is 1. The van der Waals surface area contributed by atoms with Crippen molar-refractivity contribution < 1.29 is 13.9 Å². The van der Waals surface area contributed by atoms with E-state index in [9.17, 15) is 9.18 Å². The van der Waals surface area contributed by atoms with Crippen molar-refractivity contribution in [3.8, 4) is 23.1 Å². The lowest BCUT2D eigenvalue weighted by atomic mass is 10.1. The Morgan fingerprint density at radius 3 is 2.52 bits per heavy atom. The van der Waals surface area contributed by atoms with Gasteiger partial charge in [-0.15, -0.1) is 5.10 Å². The molecule has 0 atom stereocenters. The first-order valence-electron chi connectivity index (χ1n) is 9.88. The summed E-state index contributed by atoms with van der Waals surface area (Å²) in [5.41, 5.74) is 3.70. The van der Waals surface area contributed by atoms with Crippen molar-refractivity contribution >= 4 is 11.6 Å². The van der Waals surface area contributed by atoms with E-state index in [4.69, 9.17) is 4.74 Å². The molecule has 0 aliphatic rings. The number of amides is 1. The van der Waals surface area contributed by atoms with Gasteiger partial charge in [0.2, 0.25) is 0 Å². The number of benzene rings is 3. The Morgan fingerprint density at radius 1 is 1.06 bits per heavy atom. The number of aryl methyl sites for hydroxylation is 1. The van der Waals surface area contributed by atoms with Crippen molar-refractivity contribution in [3.63, 3.8) is 0 Å². The lowest BCUT2D eigenvalue weighted by Gasteiger charge is -2.09. The average Bonchev–Trinajstić information content (AvgIpc) is 3.19. The number of rotatable bonds is 6. The third kappa shape index (κ3) is 4.61. The molecule has 6 nitrogen and oxygen atoms in total. The topological polar surface area (TPSA) is 69.0 Å². The van der Waals surface area contributed by atoms with Crippen LogP contribution in [0, 0.1) is 12.7 Å². The summed E-state index contributed by atoms with van der Waals surface area (Å²) in [6, 6.07) is 20.9. The quantitative estimate of drug-likeness (QED) is 0.479. The van der Waals surface area contributed by atoms with Gasteiger partial charge in [0, 0.05) is 16.8 Å². The fourth-order valence-corrected chi connectivity index (χ4v) is 3.07. The predicted octanol–water partition coefficient (Wildman–Crippen LogP) is 5.03. The molecule has 0 radical (unpaired) electrons. The van der Waals surface area contributed by atoms with Gasteiger partial charge in [0.15, 0.2) is 5.82 Å². The number of nitrogens with zero attached hydrogens (tertiary/aromatic N) is 3. The highest BCUT2D eigenvalue weighted by molar-refractivity contribution is 6.04. The molecule has 0 unspecified atom stereocenters. The Hall–Kier alpha value is -4.00. The molecular weight excluding hydrogens is 395 g/mol. The molecule has 4 rings (SSSR count). The zero-order valence-electron chi connectivity index (χ0n) is 17.2. The molecule has 1 N–H and O–H groups in total. The molecule has 0 fully saturated rings. The fraction of sp³-hybridized carbons (Fsp3) is 0.125. The van der Waals surface area contributed by atoms with E-state index in [-0.39, 0.29) is 11.9 Å². The first-order valence-corrected chi connectivity index (χ1v) is 9.88. The van der Waals surface area contributed by atoms with E-state index >= 15 is 0 Å². The highest BCUT2D eigenvalue weighted by Crippen LogP contribution is 2.25. The van der Waals surface area contributed by atoms with Crippen molar-refractivity contribution in [1.29, 1.82) is 0 Å². The average molecular weight is 416 g/mol. The van der Waals surface area contributed by atoms with Crippen LogP contribution in [-0.4, -0.2) is 27.3 Å². The monoisotopic (exact) mass is 416 g/mol. The summed E-state index contributed by atoms with van der Waals surface area (Å²) in [5.74, 6) is -0.0894. The summed E-state index contributed by atoms with van der Waals surface area (Å²) in [4.78, 5) is 17.0. The molecule has 0 bridgehead atoms. The van der Waals surface area contributed by atoms with Gasteiger partial charge in [0.25, 0.3) is 5.91 Å². The van der Waals surface area contributed by atoms with Gasteiger partial charge in [-0.05, 0) is 56.3 Å². The Kier molecular flexibility index (Phi) is 5.75. The lowest BCUT2D eigenvalue weighted by molar-refractivity contribution is 0.102. The molecule has 31 heavy (non-hydrogen) atoms. The lowest BCUT2D eigenvalue weighted by Crippen LogP contribution is -2.12. The standard InChI is InChI=1S/C24H21FN4O2/c1-3-31-24-27-22(17-9-7-16(2)8-10-17)29(28-24)21-6-4-5-20(15-21)26-23(30)18-11-13-19(25)14-12-18/h4-15H,3H2,1-2H3,(H,26,30). The number of hydrogen-bond acceptors (Lipinski definition) is 4. The van der Waals surface area contributed by atoms with Crippen LogP contribution in [0.3, 0.4) is 0 Å². The van der Waals surface area contributed by atoms with Crippen LogP contribution in [0.25, 0.3) is 17.1 Å². The molecule has 1 aromatic heterocycles. The smallest absolute Gasteiger partial charge is 0.336 e. The van der Waals surface area contributed by atoms with Crippen molar-refractivity contribution in [2.45, 2.75) is 13.8 Å². The number of carbonyl (C=O) groups is 1. The highest BCUT2D eigenvalue weighted by Gasteiger charge is 2.15. The minimum Gasteiger partial charge on any atom is -0.463 e. The Labute approximate surface area is 179 Å². The summed E-state index contributed by atoms with van der Waals surface area (Å²) in [7, 11) is 0. The third-order valence-electron chi connectivity index (χ3n) is 4.63. The minimum atomic E-state index is -0.390. The van der Waals surface area contributed by atoms with Gasteiger partial charge in [-0.3, -0.25) is 4.79 Å². The van der Waals surface area contributed by atoms with Crippen LogP contribution in [0.4, 0.5) is 10.1 Å². The first kappa shape index (κ1) is 20.3. The molecule has 3 aromatic carbocycles. The van der Waals surface area contributed by atoms with Gasteiger partial charge in [-0.2, -0.15) is 4.98 Å². The largest absolute Gasteiger partial charge is 0.463 e. The summed E-state index contributed by atoms with van der Waals surface area (Å²) in [5, 5.41) is 7.32. The van der Waals surface area contributed by atoms with E-state index in [1.165, 1.54) is 24.3 Å². The van der Waals surface area contributed by atoms with E-state index in [2.05, 4.69) is 15.4 Å². The van der Waals surface area contributed by atoms with Crippen molar-refractivity contribution in [1.82, 2.24) is 14.8 Å². The number of hydrogen-bond donors (Lipinski definition) is 1. The second-order valence-electron chi connectivity index (χ2n) is 6.94.